The van der Waals surface area contributed by atoms with Gasteiger partial charge in [-0.15, -0.1) is 0 Å². The Labute approximate surface area is 169 Å². The first-order valence-electron chi connectivity index (χ1n) is 9.77. The molecule has 4 rings (SSSR count). The van der Waals surface area contributed by atoms with E-state index in [0.717, 1.165) is 36.8 Å². The summed E-state index contributed by atoms with van der Waals surface area (Å²) in [5.41, 5.74) is 2.02. The average Bonchev–Trinajstić information content (AvgIpc) is 3.07. The van der Waals surface area contributed by atoms with Gasteiger partial charge >= 0.3 is 0 Å². The lowest BCUT2D eigenvalue weighted by atomic mass is 10.2. The second-order valence-electron chi connectivity index (χ2n) is 7.15. The number of nitrogens with one attached hydrogen (secondary N) is 2. The lowest BCUT2D eigenvalue weighted by molar-refractivity contribution is 0.102. The number of anilines is 2. The molecule has 1 fully saturated rings. The van der Waals surface area contributed by atoms with Crippen LogP contribution in [0.15, 0.2) is 30.9 Å². The highest BCUT2D eigenvalue weighted by atomic mass is 16.5. The summed E-state index contributed by atoms with van der Waals surface area (Å²) in [5, 5.41) is 6.21. The minimum absolute atomic E-state index is 0.306. The third-order valence-electron chi connectivity index (χ3n) is 4.79. The number of carbonyl (C=O) groups excluding carboxylic acids is 1. The Morgan fingerprint density at radius 1 is 1.34 bits per heavy atom. The molecule has 3 aromatic heterocycles. The third-order valence-corrected chi connectivity index (χ3v) is 4.79. The van der Waals surface area contributed by atoms with Gasteiger partial charge in [-0.25, -0.2) is 15.0 Å². The second kappa shape index (κ2) is 8.04. The van der Waals surface area contributed by atoms with E-state index in [1.807, 2.05) is 24.4 Å². The lowest BCUT2D eigenvalue weighted by Gasteiger charge is -2.32. The van der Waals surface area contributed by atoms with Crippen molar-refractivity contribution in [2.24, 2.45) is 0 Å². The van der Waals surface area contributed by atoms with E-state index in [4.69, 9.17) is 4.74 Å². The van der Waals surface area contributed by atoms with E-state index in [2.05, 4.69) is 37.4 Å². The molecule has 0 aromatic carbocycles. The standard InChI is InChI=1S/C20H25N7O2/c1-4-29-16-7-18-24-14(3)11-27(18)12-15(16)20(28)25-17-8-23-19(9-22-17)26-6-5-21-13(2)10-26/h7-9,11-13,21H,4-6,10H2,1-3H3,(H,22,25,28)/t13-/m0/s1. The maximum atomic E-state index is 12.9. The number of imidazole rings is 1. The molecule has 0 bridgehead atoms. The van der Waals surface area contributed by atoms with E-state index >= 15 is 0 Å². The summed E-state index contributed by atoms with van der Waals surface area (Å²) in [7, 11) is 0. The minimum atomic E-state index is -0.306. The Bertz CT molecular complexity index is 1020. The van der Waals surface area contributed by atoms with Crippen LogP contribution in [0, 0.1) is 6.92 Å². The maximum Gasteiger partial charge on any atom is 0.262 e. The van der Waals surface area contributed by atoms with Crippen LogP contribution in [0.4, 0.5) is 11.6 Å². The van der Waals surface area contributed by atoms with Crippen LogP contribution in [0.5, 0.6) is 5.75 Å². The molecule has 1 atom stereocenters. The molecule has 1 aliphatic heterocycles. The van der Waals surface area contributed by atoms with Crippen LogP contribution >= 0.6 is 0 Å². The van der Waals surface area contributed by atoms with Gasteiger partial charge in [-0.3, -0.25) is 4.79 Å². The van der Waals surface area contributed by atoms with Crippen LogP contribution in [0.1, 0.15) is 29.9 Å². The number of piperazine rings is 1. The quantitative estimate of drug-likeness (QED) is 0.681. The molecule has 152 valence electrons. The second-order valence-corrected chi connectivity index (χ2v) is 7.15. The Hall–Kier alpha value is -3.20. The van der Waals surface area contributed by atoms with Gasteiger partial charge in [0.25, 0.3) is 5.91 Å². The van der Waals surface area contributed by atoms with Gasteiger partial charge in [-0.2, -0.15) is 0 Å². The number of ether oxygens (including phenoxy) is 1. The third kappa shape index (κ3) is 4.14. The summed E-state index contributed by atoms with van der Waals surface area (Å²) in [6.07, 6.45) is 6.87. The van der Waals surface area contributed by atoms with Crippen molar-refractivity contribution in [1.29, 1.82) is 0 Å². The Balaban J connectivity index is 1.53. The summed E-state index contributed by atoms with van der Waals surface area (Å²) < 4.78 is 7.47. The average molecular weight is 395 g/mol. The summed E-state index contributed by atoms with van der Waals surface area (Å²) in [6.45, 7) is 9.05. The van der Waals surface area contributed by atoms with Gasteiger partial charge in [0.05, 0.1) is 30.3 Å². The summed E-state index contributed by atoms with van der Waals surface area (Å²) in [6, 6.07) is 2.18. The highest BCUT2D eigenvalue weighted by Gasteiger charge is 2.19. The van der Waals surface area contributed by atoms with Crippen LogP contribution in [-0.4, -0.2) is 57.5 Å². The van der Waals surface area contributed by atoms with Crippen LogP contribution in [0.3, 0.4) is 0 Å². The van der Waals surface area contributed by atoms with Crippen molar-refractivity contribution < 1.29 is 9.53 Å². The van der Waals surface area contributed by atoms with Gasteiger partial charge < -0.3 is 24.7 Å². The largest absolute Gasteiger partial charge is 0.493 e. The molecule has 0 radical (unpaired) electrons. The summed E-state index contributed by atoms with van der Waals surface area (Å²) in [4.78, 5) is 28.3. The van der Waals surface area contributed by atoms with E-state index in [0.29, 0.717) is 29.8 Å². The molecule has 0 spiro atoms. The monoisotopic (exact) mass is 395 g/mol. The molecule has 1 amide bonds. The molecule has 0 saturated carbocycles. The molecule has 1 saturated heterocycles. The lowest BCUT2D eigenvalue weighted by Crippen LogP contribution is -2.49. The predicted octanol–water partition coefficient (Wildman–Crippen LogP) is 1.88. The van der Waals surface area contributed by atoms with Crippen molar-refractivity contribution in [1.82, 2.24) is 24.7 Å². The maximum absolute atomic E-state index is 12.9. The molecule has 3 aromatic rings. The minimum Gasteiger partial charge on any atom is -0.493 e. The zero-order chi connectivity index (χ0) is 20.4. The molecule has 1 aliphatic rings. The first-order chi connectivity index (χ1) is 14.0. The predicted molar refractivity (Wildman–Crippen MR) is 111 cm³/mol. The van der Waals surface area contributed by atoms with E-state index in [1.165, 1.54) is 0 Å². The molecule has 2 N–H and O–H groups in total. The molecule has 0 aliphatic carbocycles. The van der Waals surface area contributed by atoms with E-state index in [-0.39, 0.29) is 5.91 Å². The van der Waals surface area contributed by atoms with Gasteiger partial charge in [0.1, 0.15) is 17.2 Å². The van der Waals surface area contributed by atoms with E-state index < -0.39 is 0 Å². The van der Waals surface area contributed by atoms with Gasteiger partial charge in [-0.05, 0) is 20.8 Å². The van der Waals surface area contributed by atoms with Crippen molar-refractivity contribution in [3.8, 4) is 5.75 Å². The van der Waals surface area contributed by atoms with Crippen molar-refractivity contribution in [2.75, 3.05) is 36.5 Å². The SMILES string of the molecule is CCOc1cc2nc(C)cn2cc1C(=O)Nc1cnc(N2CCN[C@@H](C)C2)cn1. The first-order valence-corrected chi connectivity index (χ1v) is 9.77. The number of hydrogen-bond acceptors (Lipinski definition) is 7. The molecule has 9 nitrogen and oxygen atoms in total. The molecule has 4 heterocycles. The zero-order valence-corrected chi connectivity index (χ0v) is 16.8. The van der Waals surface area contributed by atoms with Crippen LogP contribution in [-0.2, 0) is 0 Å². The topological polar surface area (TPSA) is 96.7 Å². The fourth-order valence-electron chi connectivity index (χ4n) is 3.46. The van der Waals surface area contributed by atoms with Gasteiger partial charge in [0, 0.05) is 44.1 Å². The number of fused-ring (bicyclic) bond motifs is 1. The molecule has 29 heavy (non-hydrogen) atoms. The van der Waals surface area contributed by atoms with Crippen molar-refractivity contribution in [3.05, 3.63) is 42.1 Å². The van der Waals surface area contributed by atoms with Crippen LogP contribution < -0.4 is 20.3 Å². The van der Waals surface area contributed by atoms with E-state index in [9.17, 15) is 4.79 Å². The van der Waals surface area contributed by atoms with E-state index in [1.54, 1.807) is 24.7 Å². The number of nitrogens with zero attached hydrogens (tertiary/aromatic N) is 5. The Morgan fingerprint density at radius 2 is 2.21 bits per heavy atom. The summed E-state index contributed by atoms with van der Waals surface area (Å²) in [5.74, 6) is 1.38. The number of aryl methyl sites for hydroxylation is 1. The molecular weight excluding hydrogens is 370 g/mol. The fraction of sp³-hybridized carbons (Fsp3) is 0.400. The highest BCUT2D eigenvalue weighted by Crippen LogP contribution is 2.23. The van der Waals surface area contributed by atoms with Crippen molar-refractivity contribution >= 4 is 23.2 Å². The molecule has 0 unspecified atom stereocenters. The number of carbonyl (C=O) groups is 1. The highest BCUT2D eigenvalue weighted by molar-refractivity contribution is 6.05. The van der Waals surface area contributed by atoms with Crippen LogP contribution in [0.25, 0.3) is 5.65 Å². The molecule has 9 heteroatoms. The van der Waals surface area contributed by atoms with Crippen LogP contribution in [0.2, 0.25) is 0 Å². The van der Waals surface area contributed by atoms with Crippen molar-refractivity contribution in [3.63, 3.8) is 0 Å². The number of aromatic nitrogens is 4. The molecular formula is C20H25N7O2. The van der Waals surface area contributed by atoms with Crippen molar-refractivity contribution in [2.45, 2.75) is 26.8 Å². The normalized spacial score (nSPS) is 16.8. The summed E-state index contributed by atoms with van der Waals surface area (Å²) >= 11 is 0. The number of rotatable bonds is 5. The van der Waals surface area contributed by atoms with Gasteiger partial charge in [-0.1, -0.05) is 0 Å². The van der Waals surface area contributed by atoms with Gasteiger partial charge in [0.2, 0.25) is 0 Å². The number of amides is 1. The number of hydrogen-bond donors (Lipinski definition) is 2. The Kier molecular flexibility index (Phi) is 5.30. The zero-order valence-electron chi connectivity index (χ0n) is 16.8. The number of pyridine rings is 1. The smallest absolute Gasteiger partial charge is 0.262 e. The first kappa shape index (κ1) is 19.1. The van der Waals surface area contributed by atoms with Gasteiger partial charge in [0.15, 0.2) is 5.82 Å². The fourth-order valence-corrected chi connectivity index (χ4v) is 3.46. The Morgan fingerprint density at radius 3 is 2.93 bits per heavy atom.